The summed E-state index contributed by atoms with van der Waals surface area (Å²) in [4.78, 5) is 24.8. The maximum atomic E-state index is 13.4. The van der Waals surface area contributed by atoms with Gasteiger partial charge >= 0.3 is 0 Å². The van der Waals surface area contributed by atoms with Crippen molar-refractivity contribution in [2.24, 2.45) is 0 Å². The van der Waals surface area contributed by atoms with E-state index in [0.29, 0.717) is 14.8 Å². The number of hydrogen-bond acceptors (Lipinski definition) is 2. The fourth-order valence-corrected chi connectivity index (χ4v) is 2.03. The fourth-order valence-electron chi connectivity index (χ4n) is 1.29. The zero-order valence-electron chi connectivity index (χ0n) is 11.3. The van der Waals surface area contributed by atoms with Crippen LogP contribution < -0.4 is 5.32 Å². The lowest BCUT2D eigenvalue weighted by Gasteiger charge is -2.16. The minimum absolute atomic E-state index is 0.118. The molecule has 0 atom stereocenters. The number of amides is 2. The van der Waals surface area contributed by atoms with Crippen LogP contribution in [0.4, 0.5) is 10.1 Å². The third kappa shape index (κ3) is 4.15. The summed E-state index contributed by atoms with van der Waals surface area (Å²) in [6.45, 7) is 2.38. The number of alkyl halides is 1. The highest BCUT2D eigenvalue weighted by Crippen LogP contribution is 2.20. The predicted molar refractivity (Wildman–Crippen MR) is 81.0 cm³/mol. The second-order valence-corrected chi connectivity index (χ2v) is 5.98. The van der Waals surface area contributed by atoms with Gasteiger partial charge < -0.3 is 10.2 Å². The largest absolute Gasteiger partial charge is 0.345 e. The van der Waals surface area contributed by atoms with Gasteiger partial charge in [0.1, 0.15) is 0 Å². The Labute approximate surface area is 125 Å². The molecule has 2 amide bonds. The van der Waals surface area contributed by atoms with Crippen molar-refractivity contribution in [2.45, 2.75) is 19.5 Å². The van der Waals surface area contributed by atoms with Crippen LogP contribution in [0.5, 0.6) is 0 Å². The van der Waals surface area contributed by atoms with Crippen LogP contribution in [0.25, 0.3) is 0 Å². The summed E-state index contributed by atoms with van der Waals surface area (Å²) in [7, 11) is 3.33. The Bertz CT molecular complexity index is 510. The van der Waals surface area contributed by atoms with E-state index in [4.69, 9.17) is 0 Å². The van der Waals surface area contributed by atoms with Gasteiger partial charge in [-0.2, -0.15) is 0 Å². The number of anilines is 1. The van der Waals surface area contributed by atoms with Crippen molar-refractivity contribution >= 4 is 40.1 Å². The molecule has 104 valence electrons. The molecule has 1 aromatic carbocycles. The van der Waals surface area contributed by atoms with Crippen LogP contribution >= 0.6 is 22.6 Å². The highest BCUT2D eigenvalue weighted by atomic mass is 127. The zero-order chi connectivity index (χ0) is 14.8. The van der Waals surface area contributed by atoms with Crippen molar-refractivity contribution in [2.75, 3.05) is 19.4 Å². The summed E-state index contributed by atoms with van der Waals surface area (Å²) in [6.07, 6.45) is 0. The summed E-state index contributed by atoms with van der Waals surface area (Å²) in [5.41, 5.74) is -0.928. The summed E-state index contributed by atoms with van der Waals surface area (Å²) in [6, 6.07) is 4.84. The van der Waals surface area contributed by atoms with Crippen molar-refractivity contribution in [3.05, 3.63) is 27.3 Å². The monoisotopic (exact) mass is 378 g/mol. The summed E-state index contributed by atoms with van der Waals surface area (Å²) >= 11 is 2.01. The average Bonchev–Trinajstić information content (AvgIpc) is 2.26. The van der Waals surface area contributed by atoms with Gasteiger partial charge in [-0.3, -0.25) is 9.59 Å². The molecular formula is C13H16FIN2O2. The van der Waals surface area contributed by atoms with E-state index in [0.717, 1.165) is 0 Å². The smallest absolute Gasteiger partial charge is 0.261 e. The molecule has 0 aromatic heterocycles. The average molecular weight is 378 g/mol. The molecule has 1 N–H and O–H groups in total. The first kappa shape index (κ1) is 15.9. The molecule has 6 heteroatoms. The van der Waals surface area contributed by atoms with Gasteiger partial charge in [-0.15, -0.1) is 0 Å². The maximum Gasteiger partial charge on any atom is 0.261 e. The molecule has 0 radical (unpaired) electrons. The van der Waals surface area contributed by atoms with Gasteiger partial charge in [-0.05, 0) is 54.6 Å². The highest BCUT2D eigenvalue weighted by Gasteiger charge is 2.26. The number of nitrogens with one attached hydrogen (secondary N) is 1. The number of benzene rings is 1. The Morgan fingerprint density at radius 2 is 1.89 bits per heavy atom. The van der Waals surface area contributed by atoms with Crippen molar-refractivity contribution in [1.29, 1.82) is 0 Å². The van der Waals surface area contributed by atoms with Gasteiger partial charge in [0.25, 0.3) is 11.8 Å². The maximum absolute atomic E-state index is 13.4. The lowest BCUT2D eigenvalue weighted by Crippen LogP contribution is -2.32. The van der Waals surface area contributed by atoms with Gasteiger partial charge in [0.05, 0.1) is 5.56 Å². The first-order valence-electron chi connectivity index (χ1n) is 5.64. The molecule has 0 saturated carbocycles. The fraction of sp³-hybridized carbons (Fsp3) is 0.385. The Kier molecular flexibility index (Phi) is 4.89. The summed E-state index contributed by atoms with van der Waals surface area (Å²) < 4.78 is 14.1. The molecule has 4 nitrogen and oxygen atoms in total. The molecule has 0 fully saturated rings. The molecule has 0 unspecified atom stereocenters. The summed E-state index contributed by atoms with van der Waals surface area (Å²) in [5.74, 6) is -0.830. The van der Waals surface area contributed by atoms with Crippen LogP contribution in [0.15, 0.2) is 18.2 Å². The number of carbonyl (C=O) groups excluding carboxylic acids is 2. The Hall–Kier alpha value is -1.18. The van der Waals surface area contributed by atoms with Crippen molar-refractivity contribution < 1.29 is 14.0 Å². The minimum atomic E-state index is -1.94. The number of hydrogen-bond donors (Lipinski definition) is 1. The van der Waals surface area contributed by atoms with Crippen molar-refractivity contribution in [3.8, 4) is 0 Å². The SMILES string of the molecule is CN(C)C(=O)c1ccc(NC(=O)C(C)(C)F)cc1I. The van der Waals surface area contributed by atoms with Gasteiger partial charge in [-0.1, -0.05) is 0 Å². The van der Waals surface area contributed by atoms with E-state index >= 15 is 0 Å². The van der Waals surface area contributed by atoms with E-state index in [1.807, 2.05) is 22.6 Å². The third-order valence-corrected chi connectivity index (χ3v) is 3.30. The standard InChI is InChI=1S/C13H16FIN2O2/c1-13(2,14)12(19)16-8-5-6-9(10(15)7-8)11(18)17(3)4/h5-7H,1-4H3,(H,16,19). The second kappa shape index (κ2) is 5.85. The molecule has 0 heterocycles. The molecular weight excluding hydrogens is 362 g/mol. The minimum Gasteiger partial charge on any atom is -0.345 e. The molecule has 0 spiro atoms. The molecule has 0 aliphatic carbocycles. The Morgan fingerprint density at radius 3 is 2.32 bits per heavy atom. The Morgan fingerprint density at radius 1 is 1.32 bits per heavy atom. The lowest BCUT2D eigenvalue weighted by atomic mass is 10.1. The van der Waals surface area contributed by atoms with Crippen molar-refractivity contribution in [3.63, 3.8) is 0 Å². The van der Waals surface area contributed by atoms with Gasteiger partial charge in [0, 0.05) is 23.4 Å². The summed E-state index contributed by atoms with van der Waals surface area (Å²) in [5, 5.41) is 2.47. The second-order valence-electron chi connectivity index (χ2n) is 4.82. The third-order valence-electron chi connectivity index (χ3n) is 2.40. The van der Waals surface area contributed by atoms with E-state index in [1.165, 1.54) is 18.7 Å². The number of carbonyl (C=O) groups is 2. The molecule has 0 aliphatic heterocycles. The topological polar surface area (TPSA) is 49.4 Å². The molecule has 1 aromatic rings. The molecule has 0 bridgehead atoms. The van der Waals surface area contributed by atoms with E-state index < -0.39 is 11.6 Å². The first-order valence-corrected chi connectivity index (χ1v) is 6.72. The van der Waals surface area contributed by atoms with Crippen molar-refractivity contribution in [1.82, 2.24) is 4.90 Å². The molecule has 1 rings (SSSR count). The predicted octanol–water partition coefficient (Wildman–Crippen LogP) is 2.68. The first-order chi connectivity index (χ1) is 8.62. The van der Waals surface area contributed by atoms with Crippen LogP contribution in [0, 0.1) is 3.57 Å². The normalized spacial score (nSPS) is 11.1. The Balaban J connectivity index is 2.95. The van der Waals surface area contributed by atoms with Crippen LogP contribution in [0.2, 0.25) is 0 Å². The quantitative estimate of drug-likeness (QED) is 0.823. The van der Waals surface area contributed by atoms with E-state index in [2.05, 4.69) is 5.32 Å². The molecule has 0 aliphatic rings. The van der Waals surface area contributed by atoms with Crippen LogP contribution in [-0.4, -0.2) is 36.5 Å². The van der Waals surface area contributed by atoms with E-state index in [-0.39, 0.29) is 5.91 Å². The van der Waals surface area contributed by atoms with Crippen LogP contribution in [0.1, 0.15) is 24.2 Å². The lowest BCUT2D eigenvalue weighted by molar-refractivity contribution is -0.125. The highest BCUT2D eigenvalue weighted by molar-refractivity contribution is 14.1. The number of halogens is 2. The van der Waals surface area contributed by atoms with E-state index in [9.17, 15) is 14.0 Å². The number of nitrogens with zero attached hydrogens (tertiary/aromatic N) is 1. The van der Waals surface area contributed by atoms with Crippen LogP contribution in [-0.2, 0) is 4.79 Å². The zero-order valence-corrected chi connectivity index (χ0v) is 13.4. The van der Waals surface area contributed by atoms with Gasteiger partial charge in [0.2, 0.25) is 0 Å². The van der Waals surface area contributed by atoms with Crippen LogP contribution in [0.3, 0.4) is 0 Å². The van der Waals surface area contributed by atoms with Gasteiger partial charge in [0.15, 0.2) is 5.67 Å². The molecule has 0 saturated heterocycles. The van der Waals surface area contributed by atoms with E-state index in [1.54, 1.807) is 32.3 Å². The number of rotatable bonds is 3. The van der Waals surface area contributed by atoms with Gasteiger partial charge in [-0.25, -0.2) is 4.39 Å². The molecule has 19 heavy (non-hydrogen) atoms.